The van der Waals surface area contributed by atoms with Gasteiger partial charge < -0.3 is 15.5 Å². The number of hydrogen-bond donors (Lipinski definition) is 1. The van der Waals surface area contributed by atoms with Gasteiger partial charge in [-0.3, -0.25) is 4.79 Å². The fourth-order valence-corrected chi connectivity index (χ4v) is 5.28. The number of likely N-dealkylation sites (tertiary alicyclic amines) is 2. The minimum Gasteiger partial charge on any atom is -0.375 e. The van der Waals surface area contributed by atoms with Crippen LogP contribution in [0.3, 0.4) is 0 Å². The number of fused-ring (bicyclic) bond motifs is 2. The quantitative estimate of drug-likeness (QED) is 0.744. The van der Waals surface area contributed by atoms with E-state index in [1.165, 1.54) is 11.3 Å². The number of carbonyl (C=O) groups is 1. The smallest absolute Gasteiger partial charge is 0.253 e. The van der Waals surface area contributed by atoms with Gasteiger partial charge in [0.15, 0.2) is 5.13 Å². The largest absolute Gasteiger partial charge is 0.375 e. The fourth-order valence-electron chi connectivity index (χ4n) is 4.50. The van der Waals surface area contributed by atoms with E-state index in [0.717, 1.165) is 53.1 Å². The first kappa shape index (κ1) is 16.7. The molecule has 3 heterocycles. The highest BCUT2D eigenvalue weighted by molar-refractivity contribution is 7.22. The highest BCUT2D eigenvalue weighted by Gasteiger charge is 2.40. The summed E-state index contributed by atoms with van der Waals surface area (Å²) in [6, 6.07) is 14.1. The molecule has 2 atom stereocenters. The van der Waals surface area contributed by atoms with E-state index in [2.05, 4.69) is 29.1 Å². The van der Waals surface area contributed by atoms with Crippen LogP contribution in [0.4, 0.5) is 5.13 Å². The van der Waals surface area contributed by atoms with Crippen molar-refractivity contribution in [1.82, 2.24) is 14.8 Å². The summed E-state index contributed by atoms with van der Waals surface area (Å²) in [5.74, 6) is 1.43. The molecular formula is C21H22N4OS. The van der Waals surface area contributed by atoms with Crippen LogP contribution in [-0.4, -0.2) is 53.9 Å². The molecule has 3 aromatic rings. The van der Waals surface area contributed by atoms with Crippen LogP contribution < -0.4 is 5.73 Å². The number of nitrogens with two attached hydrogens (primary N) is 1. The molecule has 0 radical (unpaired) electrons. The number of benzene rings is 2. The molecule has 2 aliphatic rings. The highest BCUT2D eigenvalue weighted by atomic mass is 32.1. The Morgan fingerprint density at radius 1 is 1.04 bits per heavy atom. The van der Waals surface area contributed by atoms with Crippen molar-refractivity contribution in [1.29, 1.82) is 0 Å². The molecule has 0 saturated carbocycles. The standard InChI is InChI=1S/C21H22N4OS/c1-24-9-16-11-25(12-17(16)10-24)20(26)14-4-2-13(3-5-14)15-6-7-18-19(8-15)27-21(22)23-18/h2-8,16-17H,9-12H2,1H3,(H2,22,23)/t16-,17+. The van der Waals surface area contributed by atoms with Crippen molar-refractivity contribution in [2.24, 2.45) is 11.8 Å². The van der Waals surface area contributed by atoms with Crippen LogP contribution >= 0.6 is 11.3 Å². The van der Waals surface area contributed by atoms with E-state index in [-0.39, 0.29) is 5.91 Å². The van der Waals surface area contributed by atoms with E-state index in [4.69, 9.17) is 5.73 Å². The van der Waals surface area contributed by atoms with Crippen molar-refractivity contribution >= 4 is 32.6 Å². The van der Waals surface area contributed by atoms with Gasteiger partial charge in [-0.15, -0.1) is 0 Å². The number of hydrogen-bond acceptors (Lipinski definition) is 5. The Bertz CT molecular complexity index is 999. The van der Waals surface area contributed by atoms with Crippen molar-refractivity contribution in [3.8, 4) is 11.1 Å². The lowest BCUT2D eigenvalue weighted by Crippen LogP contribution is -2.32. The number of anilines is 1. The van der Waals surface area contributed by atoms with Crippen LogP contribution in [0.2, 0.25) is 0 Å². The van der Waals surface area contributed by atoms with Gasteiger partial charge in [-0.1, -0.05) is 29.5 Å². The topological polar surface area (TPSA) is 62.5 Å². The van der Waals surface area contributed by atoms with Crippen LogP contribution in [0.25, 0.3) is 21.3 Å². The molecule has 1 amide bonds. The molecule has 2 N–H and O–H groups in total. The summed E-state index contributed by atoms with van der Waals surface area (Å²) in [5, 5.41) is 0.588. The summed E-state index contributed by atoms with van der Waals surface area (Å²) in [5.41, 5.74) is 9.71. The summed E-state index contributed by atoms with van der Waals surface area (Å²) in [4.78, 5) is 21.6. The lowest BCUT2D eigenvalue weighted by Gasteiger charge is -2.19. The molecule has 138 valence electrons. The number of carbonyl (C=O) groups excluding carboxylic acids is 1. The van der Waals surface area contributed by atoms with Crippen molar-refractivity contribution in [3.05, 3.63) is 48.0 Å². The number of thiazole rings is 1. The number of nitrogens with zero attached hydrogens (tertiary/aromatic N) is 3. The van der Waals surface area contributed by atoms with E-state index >= 15 is 0 Å². The van der Waals surface area contributed by atoms with Crippen LogP contribution in [0.5, 0.6) is 0 Å². The third kappa shape index (κ3) is 2.99. The molecule has 0 aliphatic carbocycles. The van der Waals surface area contributed by atoms with E-state index in [1.54, 1.807) is 0 Å². The monoisotopic (exact) mass is 378 g/mol. The SMILES string of the molecule is CN1C[C@@H]2CN(C(=O)c3ccc(-c4ccc5nc(N)sc5c4)cc3)C[C@@H]2C1. The Kier molecular flexibility index (Phi) is 3.91. The summed E-state index contributed by atoms with van der Waals surface area (Å²) < 4.78 is 1.08. The summed E-state index contributed by atoms with van der Waals surface area (Å²) in [6.45, 7) is 3.99. The zero-order valence-electron chi connectivity index (χ0n) is 15.3. The summed E-state index contributed by atoms with van der Waals surface area (Å²) >= 11 is 1.50. The molecule has 27 heavy (non-hydrogen) atoms. The number of nitrogen functional groups attached to an aromatic ring is 1. The number of aromatic nitrogens is 1. The lowest BCUT2D eigenvalue weighted by molar-refractivity contribution is 0.0776. The van der Waals surface area contributed by atoms with Gasteiger partial charge in [-0.2, -0.15) is 0 Å². The molecule has 0 spiro atoms. The molecular weight excluding hydrogens is 356 g/mol. The van der Waals surface area contributed by atoms with Gasteiger partial charge in [-0.05, 0) is 54.3 Å². The van der Waals surface area contributed by atoms with Gasteiger partial charge in [0.1, 0.15) is 0 Å². The van der Waals surface area contributed by atoms with E-state index < -0.39 is 0 Å². The maximum Gasteiger partial charge on any atom is 0.253 e. The van der Waals surface area contributed by atoms with Gasteiger partial charge >= 0.3 is 0 Å². The average Bonchev–Trinajstić information content (AvgIpc) is 3.31. The van der Waals surface area contributed by atoms with Crippen LogP contribution in [0.1, 0.15) is 10.4 Å². The number of rotatable bonds is 2. The summed E-state index contributed by atoms with van der Waals surface area (Å²) in [7, 11) is 2.17. The second kappa shape index (κ2) is 6.32. The van der Waals surface area contributed by atoms with Crippen LogP contribution in [0.15, 0.2) is 42.5 Å². The third-order valence-electron chi connectivity index (χ3n) is 5.83. The van der Waals surface area contributed by atoms with Crippen molar-refractivity contribution < 1.29 is 4.79 Å². The van der Waals surface area contributed by atoms with E-state index in [0.29, 0.717) is 17.0 Å². The molecule has 5 nitrogen and oxygen atoms in total. The van der Waals surface area contributed by atoms with Crippen LogP contribution in [-0.2, 0) is 0 Å². The first-order valence-electron chi connectivity index (χ1n) is 9.31. The highest BCUT2D eigenvalue weighted by Crippen LogP contribution is 2.32. The van der Waals surface area contributed by atoms with Gasteiger partial charge in [0.2, 0.25) is 0 Å². The van der Waals surface area contributed by atoms with E-state index in [9.17, 15) is 4.79 Å². The average molecular weight is 379 g/mol. The Morgan fingerprint density at radius 3 is 2.41 bits per heavy atom. The van der Waals surface area contributed by atoms with Crippen molar-refractivity contribution in [2.75, 3.05) is 39.0 Å². The zero-order valence-corrected chi connectivity index (χ0v) is 16.1. The number of amides is 1. The molecule has 2 saturated heterocycles. The molecule has 0 unspecified atom stereocenters. The first-order valence-corrected chi connectivity index (χ1v) is 10.1. The van der Waals surface area contributed by atoms with E-state index in [1.807, 2.05) is 35.2 Å². The van der Waals surface area contributed by atoms with Crippen LogP contribution in [0, 0.1) is 11.8 Å². The molecule has 0 bridgehead atoms. The van der Waals surface area contributed by atoms with Gasteiger partial charge in [0, 0.05) is 31.7 Å². The normalized spacial score (nSPS) is 22.5. The molecule has 2 fully saturated rings. The Labute approximate surface area is 162 Å². The zero-order chi connectivity index (χ0) is 18.5. The molecule has 6 heteroatoms. The maximum atomic E-state index is 12.9. The van der Waals surface area contributed by atoms with Crippen molar-refractivity contribution in [3.63, 3.8) is 0 Å². The Hall–Kier alpha value is -2.44. The second-order valence-corrected chi connectivity index (χ2v) is 8.83. The van der Waals surface area contributed by atoms with Crippen molar-refractivity contribution in [2.45, 2.75) is 0 Å². The molecule has 2 aliphatic heterocycles. The fraction of sp³-hybridized carbons (Fsp3) is 0.333. The second-order valence-electron chi connectivity index (χ2n) is 7.76. The molecule has 1 aromatic heterocycles. The molecule has 5 rings (SSSR count). The predicted octanol–water partition coefficient (Wildman–Crippen LogP) is 3.18. The molecule has 2 aromatic carbocycles. The minimum atomic E-state index is 0.157. The summed E-state index contributed by atoms with van der Waals surface area (Å²) in [6.07, 6.45) is 0. The van der Waals surface area contributed by atoms with Gasteiger partial charge in [0.25, 0.3) is 5.91 Å². The minimum absolute atomic E-state index is 0.157. The first-order chi connectivity index (χ1) is 13.1. The Morgan fingerprint density at radius 2 is 1.70 bits per heavy atom. The van der Waals surface area contributed by atoms with Gasteiger partial charge in [0.05, 0.1) is 10.2 Å². The lowest BCUT2D eigenvalue weighted by atomic mass is 10.0. The maximum absolute atomic E-state index is 12.9. The predicted molar refractivity (Wildman–Crippen MR) is 110 cm³/mol. The third-order valence-corrected chi connectivity index (χ3v) is 6.67. The Balaban J connectivity index is 1.34. The van der Waals surface area contributed by atoms with Gasteiger partial charge in [-0.25, -0.2) is 4.98 Å².